The Kier molecular flexibility index (Phi) is 5.99. The molecule has 1 aliphatic heterocycles. The maximum atomic E-state index is 13.1. The van der Waals surface area contributed by atoms with Gasteiger partial charge in [0.25, 0.3) is 5.91 Å². The Bertz CT molecular complexity index is 1180. The molecule has 5 rings (SSSR count). The van der Waals surface area contributed by atoms with Crippen LogP contribution < -0.4 is 9.64 Å². The molecule has 2 aromatic heterocycles. The maximum Gasteiger partial charge on any atom is 0.254 e. The Hall–Kier alpha value is -2.67. The van der Waals surface area contributed by atoms with Crippen LogP contribution in [0.3, 0.4) is 0 Å². The number of ether oxygens (including phenoxy) is 1. The van der Waals surface area contributed by atoms with Crippen LogP contribution in [-0.4, -0.2) is 54.1 Å². The van der Waals surface area contributed by atoms with E-state index >= 15 is 0 Å². The second-order valence-electron chi connectivity index (χ2n) is 9.60. The first kappa shape index (κ1) is 22.1. The molecule has 3 aromatic rings. The van der Waals surface area contributed by atoms with Crippen LogP contribution in [0.1, 0.15) is 59.7 Å². The molecule has 0 saturated carbocycles. The lowest BCUT2D eigenvalue weighted by atomic mass is 9.89. The number of aromatic nitrogens is 2. The van der Waals surface area contributed by atoms with Gasteiger partial charge in [-0.05, 0) is 48.9 Å². The van der Waals surface area contributed by atoms with Crippen molar-refractivity contribution in [3.05, 3.63) is 46.1 Å². The van der Waals surface area contributed by atoms with Crippen molar-refractivity contribution < 1.29 is 9.53 Å². The number of methoxy groups -OCH3 is 1. The standard InChI is InChI=1S/C26H32N4O2S/c1-16(2)23-27-24(22-20-9-8-17(3)14-21(20)33-25(22)28-23)29-10-12-30(13-11-29)26(31)18-6-5-7-19(15-18)32-4/h5-7,15-17H,8-14H2,1-4H3/t17-/m0/s1. The van der Waals surface area contributed by atoms with E-state index in [9.17, 15) is 4.79 Å². The molecule has 0 spiro atoms. The Morgan fingerprint density at radius 2 is 1.97 bits per heavy atom. The molecule has 1 amide bonds. The molecule has 0 bridgehead atoms. The molecule has 1 aliphatic carbocycles. The predicted molar refractivity (Wildman–Crippen MR) is 134 cm³/mol. The Labute approximate surface area is 199 Å². The van der Waals surface area contributed by atoms with Crippen LogP contribution in [0.2, 0.25) is 0 Å². The highest BCUT2D eigenvalue weighted by molar-refractivity contribution is 7.19. The number of carbonyl (C=O) groups excluding carboxylic acids is 1. The number of benzene rings is 1. The number of thiophene rings is 1. The zero-order chi connectivity index (χ0) is 23.1. The molecule has 6 nitrogen and oxygen atoms in total. The third-order valence-electron chi connectivity index (χ3n) is 6.85. The van der Waals surface area contributed by atoms with E-state index in [-0.39, 0.29) is 11.8 Å². The largest absolute Gasteiger partial charge is 0.497 e. The quantitative estimate of drug-likeness (QED) is 0.549. The maximum absolute atomic E-state index is 13.1. The minimum Gasteiger partial charge on any atom is -0.497 e. The fourth-order valence-electron chi connectivity index (χ4n) is 4.89. The van der Waals surface area contributed by atoms with Crippen LogP contribution in [0, 0.1) is 5.92 Å². The van der Waals surface area contributed by atoms with Crippen LogP contribution in [-0.2, 0) is 12.8 Å². The second-order valence-corrected chi connectivity index (χ2v) is 10.7. The Morgan fingerprint density at radius 3 is 2.70 bits per heavy atom. The average Bonchev–Trinajstić information content (AvgIpc) is 3.20. The molecular formula is C26H32N4O2S. The highest BCUT2D eigenvalue weighted by Gasteiger charge is 2.29. The van der Waals surface area contributed by atoms with Crippen molar-refractivity contribution in [1.29, 1.82) is 0 Å². The van der Waals surface area contributed by atoms with Crippen molar-refractivity contribution in [2.75, 3.05) is 38.2 Å². The molecule has 1 fully saturated rings. The van der Waals surface area contributed by atoms with Crippen molar-refractivity contribution in [2.45, 2.75) is 46.0 Å². The van der Waals surface area contributed by atoms with Gasteiger partial charge in [-0.25, -0.2) is 9.97 Å². The third kappa shape index (κ3) is 4.19. The van der Waals surface area contributed by atoms with Crippen molar-refractivity contribution in [3.8, 4) is 5.75 Å². The molecule has 1 saturated heterocycles. The number of aryl methyl sites for hydroxylation is 1. The predicted octanol–water partition coefficient (Wildman–Crippen LogP) is 4.91. The van der Waals surface area contributed by atoms with Gasteiger partial charge in [-0.3, -0.25) is 4.79 Å². The number of hydrogen-bond acceptors (Lipinski definition) is 6. The molecule has 1 atom stereocenters. The summed E-state index contributed by atoms with van der Waals surface area (Å²) in [5.41, 5.74) is 2.14. The van der Waals surface area contributed by atoms with E-state index in [1.807, 2.05) is 40.5 Å². The summed E-state index contributed by atoms with van der Waals surface area (Å²) in [5.74, 6) is 3.77. The van der Waals surface area contributed by atoms with E-state index in [4.69, 9.17) is 14.7 Å². The highest BCUT2D eigenvalue weighted by atomic mass is 32.1. The van der Waals surface area contributed by atoms with Crippen LogP contribution in [0.5, 0.6) is 5.75 Å². The number of amides is 1. The zero-order valence-corrected chi connectivity index (χ0v) is 20.7. The van der Waals surface area contributed by atoms with Crippen LogP contribution in [0.4, 0.5) is 5.82 Å². The van der Waals surface area contributed by atoms with Crippen molar-refractivity contribution in [1.82, 2.24) is 14.9 Å². The molecule has 3 heterocycles. The van der Waals surface area contributed by atoms with Gasteiger partial charge in [0.05, 0.1) is 12.5 Å². The number of nitrogens with zero attached hydrogens (tertiary/aromatic N) is 4. The van der Waals surface area contributed by atoms with Crippen LogP contribution in [0.25, 0.3) is 10.2 Å². The summed E-state index contributed by atoms with van der Waals surface area (Å²) < 4.78 is 5.29. The van der Waals surface area contributed by atoms with E-state index in [0.29, 0.717) is 24.4 Å². The van der Waals surface area contributed by atoms with Gasteiger partial charge in [0.1, 0.15) is 22.2 Å². The summed E-state index contributed by atoms with van der Waals surface area (Å²) in [4.78, 5) is 30.1. The molecular weight excluding hydrogens is 432 g/mol. The SMILES string of the molecule is COc1cccc(C(=O)N2CCN(c3nc(C(C)C)nc4sc5c(c34)CC[C@H](C)C5)CC2)c1. The number of carbonyl (C=O) groups is 1. The van der Waals surface area contributed by atoms with Gasteiger partial charge in [0.15, 0.2) is 0 Å². The molecule has 174 valence electrons. The van der Waals surface area contributed by atoms with E-state index in [2.05, 4.69) is 25.7 Å². The first-order valence-corrected chi connectivity index (χ1v) is 12.8. The van der Waals surface area contributed by atoms with Gasteiger partial charge in [-0.1, -0.05) is 26.8 Å². The van der Waals surface area contributed by atoms with E-state index in [1.54, 1.807) is 7.11 Å². The van der Waals surface area contributed by atoms with Crippen LogP contribution in [0.15, 0.2) is 24.3 Å². The molecule has 0 radical (unpaired) electrons. The lowest BCUT2D eigenvalue weighted by Crippen LogP contribution is -2.49. The molecule has 33 heavy (non-hydrogen) atoms. The fraction of sp³-hybridized carbons (Fsp3) is 0.500. The molecule has 2 aliphatic rings. The third-order valence-corrected chi connectivity index (χ3v) is 8.00. The summed E-state index contributed by atoms with van der Waals surface area (Å²) in [6, 6.07) is 7.41. The zero-order valence-electron chi connectivity index (χ0n) is 19.9. The number of hydrogen-bond donors (Lipinski definition) is 0. The Balaban J connectivity index is 1.42. The first-order valence-electron chi connectivity index (χ1n) is 11.9. The fourth-order valence-corrected chi connectivity index (χ4v) is 6.27. The lowest BCUT2D eigenvalue weighted by Gasteiger charge is -2.36. The van der Waals surface area contributed by atoms with Crippen molar-refractivity contribution in [2.24, 2.45) is 5.92 Å². The molecule has 7 heteroatoms. The normalized spacial score (nSPS) is 18.6. The van der Waals surface area contributed by atoms with Gasteiger partial charge in [-0.2, -0.15) is 0 Å². The number of anilines is 1. The summed E-state index contributed by atoms with van der Waals surface area (Å²) in [5, 5.41) is 1.26. The van der Waals surface area contributed by atoms with Crippen molar-refractivity contribution >= 4 is 33.3 Å². The smallest absolute Gasteiger partial charge is 0.254 e. The first-order chi connectivity index (χ1) is 15.9. The van der Waals surface area contributed by atoms with Gasteiger partial charge in [0.2, 0.25) is 0 Å². The van der Waals surface area contributed by atoms with Gasteiger partial charge in [0, 0.05) is 42.5 Å². The minimum absolute atomic E-state index is 0.0613. The van der Waals surface area contributed by atoms with E-state index in [0.717, 1.165) is 48.3 Å². The minimum atomic E-state index is 0.0613. The summed E-state index contributed by atoms with van der Waals surface area (Å²) in [6.07, 6.45) is 3.49. The highest BCUT2D eigenvalue weighted by Crippen LogP contribution is 2.41. The average molecular weight is 465 g/mol. The second kappa shape index (κ2) is 8.93. The topological polar surface area (TPSA) is 58.6 Å². The summed E-state index contributed by atoms with van der Waals surface area (Å²) in [7, 11) is 1.63. The summed E-state index contributed by atoms with van der Waals surface area (Å²) >= 11 is 1.87. The number of rotatable bonds is 4. The van der Waals surface area contributed by atoms with Crippen molar-refractivity contribution in [3.63, 3.8) is 0 Å². The van der Waals surface area contributed by atoms with Gasteiger partial charge in [-0.15, -0.1) is 11.3 Å². The molecule has 1 aromatic carbocycles. The van der Waals surface area contributed by atoms with Gasteiger partial charge >= 0.3 is 0 Å². The van der Waals surface area contributed by atoms with Gasteiger partial charge < -0.3 is 14.5 Å². The molecule has 0 unspecified atom stereocenters. The monoisotopic (exact) mass is 464 g/mol. The van der Waals surface area contributed by atoms with Crippen LogP contribution >= 0.6 is 11.3 Å². The van der Waals surface area contributed by atoms with E-state index < -0.39 is 0 Å². The molecule has 0 N–H and O–H groups in total. The number of fused-ring (bicyclic) bond motifs is 3. The van der Waals surface area contributed by atoms with E-state index in [1.165, 1.54) is 22.2 Å². The number of piperazine rings is 1. The Morgan fingerprint density at radius 1 is 1.18 bits per heavy atom. The summed E-state index contributed by atoms with van der Waals surface area (Å²) in [6.45, 7) is 9.58. The lowest BCUT2D eigenvalue weighted by molar-refractivity contribution is 0.0746.